The summed E-state index contributed by atoms with van der Waals surface area (Å²) in [6.45, 7) is 0. The Balaban J connectivity index is 3.70. The Labute approximate surface area is 109 Å². The summed E-state index contributed by atoms with van der Waals surface area (Å²) < 4.78 is 80.9. The fourth-order valence-electron chi connectivity index (χ4n) is 1.52. The van der Waals surface area contributed by atoms with Crippen molar-refractivity contribution < 1.29 is 35.9 Å². The Hall–Kier alpha value is -1.99. The lowest BCUT2D eigenvalue weighted by Gasteiger charge is -2.18. The van der Waals surface area contributed by atoms with Gasteiger partial charge in [0.25, 0.3) is 0 Å². The molecule has 0 aromatic heterocycles. The number of alkyl halides is 6. The lowest BCUT2D eigenvalue weighted by atomic mass is 9.99. The molecule has 0 saturated carbocycles. The molecular formula is C12H8F6O2. The zero-order chi connectivity index (χ0) is 15.6. The predicted octanol–water partition coefficient (Wildman–Crippen LogP) is 3.74. The van der Waals surface area contributed by atoms with Crippen molar-refractivity contribution in [1.29, 1.82) is 0 Å². The fourth-order valence-corrected chi connectivity index (χ4v) is 1.52. The third-order valence-electron chi connectivity index (χ3n) is 2.27. The van der Waals surface area contributed by atoms with E-state index < -0.39 is 35.0 Å². The van der Waals surface area contributed by atoms with E-state index >= 15 is 0 Å². The molecule has 0 unspecified atom stereocenters. The monoisotopic (exact) mass is 298 g/mol. The van der Waals surface area contributed by atoms with Gasteiger partial charge in [-0.15, -0.1) is 0 Å². The first kappa shape index (κ1) is 16.1. The number of halogens is 6. The minimum Gasteiger partial charge on any atom is -0.465 e. The van der Waals surface area contributed by atoms with Gasteiger partial charge in [0, 0.05) is 0 Å². The highest BCUT2D eigenvalue weighted by molar-refractivity contribution is 6.00. The van der Waals surface area contributed by atoms with Crippen LogP contribution in [0.1, 0.15) is 5.56 Å². The maximum absolute atomic E-state index is 12.9. The average Bonchev–Trinajstić information content (AvgIpc) is 2.33. The molecule has 1 aromatic carbocycles. The smallest absolute Gasteiger partial charge is 0.424 e. The second-order valence-corrected chi connectivity index (χ2v) is 3.60. The number of hydrogen-bond donors (Lipinski definition) is 0. The highest BCUT2D eigenvalue weighted by Crippen LogP contribution is 2.42. The summed E-state index contributed by atoms with van der Waals surface area (Å²) in [6.07, 6.45) is -10.9. The predicted molar refractivity (Wildman–Crippen MR) is 57.5 cm³/mol. The van der Waals surface area contributed by atoms with E-state index in [0.717, 1.165) is 24.3 Å². The third kappa shape index (κ3) is 3.52. The molecule has 20 heavy (non-hydrogen) atoms. The third-order valence-corrected chi connectivity index (χ3v) is 2.27. The van der Waals surface area contributed by atoms with E-state index in [1.165, 1.54) is 6.07 Å². The SMILES string of the molecule is COC(=O)C(=C(c1ccccc1)C(F)(F)F)C(F)(F)F. The number of carbonyl (C=O) groups excluding carboxylic acids is 1. The molecule has 0 aliphatic rings. The van der Waals surface area contributed by atoms with Gasteiger partial charge in [0.05, 0.1) is 12.7 Å². The largest absolute Gasteiger partial charge is 0.465 e. The van der Waals surface area contributed by atoms with Crippen molar-refractivity contribution in [2.24, 2.45) is 0 Å². The van der Waals surface area contributed by atoms with Gasteiger partial charge in [-0.3, -0.25) is 0 Å². The van der Waals surface area contributed by atoms with Crippen LogP contribution in [0.25, 0.3) is 5.57 Å². The van der Waals surface area contributed by atoms with E-state index in [2.05, 4.69) is 4.74 Å². The summed E-state index contributed by atoms with van der Waals surface area (Å²) in [5, 5.41) is 0. The summed E-state index contributed by atoms with van der Waals surface area (Å²) in [7, 11) is 0.576. The standard InChI is InChI=1S/C12H8F6O2/c1-20-10(19)9(12(16,17)18)8(11(13,14)15)7-5-3-2-4-6-7/h2-6H,1H3. The van der Waals surface area contributed by atoms with E-state index in [-0.39, 0.29) is 0 Å². The van der Waals surface area contributed by atoms with E-state index in [1.54, 1.807) is 0 Å². The molecule has 0 aliphatic heterocycles. The van der Waals surface area contributed by atoms with Crippen molar-refractivity contribution in [3.8, 4) is 0 Å². The average molecular weight is 298 g/mol. The normalized spacial score (nSPS) is 13.8. The van der Waals surface area contributed by atoms with Crippen LogP contribution in [-0.4, -0.2) is 25.4 Å². The second kappa shape index (κ2) is 5.56. The van der Waals surface area contributed by atoms with Crippen molar-refractivity contribution in [1.82, 2.24) is 0 Å². The summed E-state index contributed by atoms with van der Waals surface area (Å²) in [5.41, 5.74) is -5.21. The van der Waals surface area contributed by atoms with Crippen LogP contribution in [0.4, 0.5) is 26.3 Å². The topological polar surface area (TPSA) is 26.3 Å². The van der Waals surface area contributed by atoms with Crippen LogP contribution < -0.4 is 0 Å². The number of carbonyl (C=O) groups is 1. The number of rotatable bonds is 2. The van der Waals surface area contributed by atoms with Crippen molar-refractivity contribution >= 4 is 11.5 Å². The van der Waals surface area contributed by atoms with Crippen LogP contribution in [-0.2, 0) is 9.53 Å². The zero-order valence-corrected chi connectivity index (χ0v) is 9.97. The molecule has 0 atom stereocenters. The first-order valence-electron chi connectivity index (χ1n) is 5.11. The van der Waals surface area contributed by atoms with Gasteiger partial charge in [-0.1, -0.05) is 30.3 Å². The maximum atomic E-state index is 12.9. The molecule has 1 rings (SSSR count). The minimum atomic E-state index is -5.49. The quantitative estimate of drug-likeness (QED) is 0.472. The number of ether oxygens (including phenoxy) is 1. The van der Waals surface area contributed by atoms with E-state index in [9.17, 15) is 31.1 Å². The Morgan fingerprint density at radius 3 is 1.80 bits per heavy atom. The van der Waals surface area contributed by atoms with Crippen molar-refractivity contribution in [3.05, 3.63) is 41.5 Å². The van der Waals surface area contributed by atoms with Gasteiger partial charge < -0.3 is 4.74 Å². The molecule has 1 aromatic rings. The summed E-state index contributed by atoms with van der Waals surface area (Å²) in [6, 6.07) is 5.26. The van der Waals surface area contributed by atoms with Crippen LogP contribution >= 0.6 is 0 Å². The second-order valence-electron chi connectivity index (χ2n) is 3.60. The van der Waals surface area contributed by atoms with Gasteiger partial charge >= 0.3 is 18.3 Å². The number of methoxy groups -OCH3 is 1. The van der Waals surface area contributed by atoms with E-state index in [4.69, 9.17) is 0 Å². The number of allylic oxidation sites excluding steroid dienone is 1. The lowest BCUT2D eigenvalue weighted by Crippen LogP contribution is -2.27. The van der Waals surface area contributed by atoms with Crippen molar-refractivity contribution in [2.75, 3.05) is 7.11 Å². The van der Waals surface area contributed by atoms with E-state index in [0.29, 0.717) is 7.11 Å². The highest BCUT2D eigenvalue weighted by Gasteiger charge is 2.49. The van der Waals surface area contributed by atoms with Gasteiger partial charge in [-0.2, -0.15) is 26.3 Å². The van der Waals surface area contributed by atoms with Gasteiger partial charge in [0.2, 0.25) is 0 Å². The Bertz CT molecular complexity index is 513. The molecule has 0 spiro atoms. The number of esters is 1. The molecule has 2 nitrogen and oxygen atoms in total. The number of hydrogen-bond acceptors (Lipinski definition) is 2. The molecule has 110 valence electrons. The van der Waals surface area contributed by atoms with Crippen molar-refractivity contribution in [2.45, 2.75) is 12.4 Å². The van der Waals surface area contributed by atoms with Crippen LogP contribution in [0, 0.1) is 0 Å². The first-order valence-corrected chi connectivity index (χ1v) is 5.11. The van der Waals surface area contributed by atoms with Gasteiger partial charge in [-0.25, -0.2) is 4.79 Å². The first-order chi connectivity index (χ1) is 9.09. The van der Waals surface area contributed by atoms with Gasteiger partial charge in [0.15, 0.2) is 5.57 Å². The molecule has 0 fully saturated rings. The molecule has 0 aliphatic carbocycles. The highest BCUT2D eigenvalue weighted by atomic mass is 19.4. The van der Waals surface area contributed by atoms with Crippen LogP contribution in [0.5, 0.6) is 0 Å². The molecule has 0 amide bonds. The minimum absolute atomic E-state index is 0.576. The Kier molecular flexibility index (Phi) is 4.46. The Morgan fingerprint density at radius 1 is 0.950 bits per heavy atom. The molecule has 0 radical (unpaired) electrons. The van der Waals surface area contributed by atoms with Crippen LogP contribution in [0.3, 0.4) is 0 Å². The zero-order valence-electron chi connectivity index (χ0n) is 9.97. The molecular weight excluding hydrogens is 290 g/mol. The lowest BCUT2D eigenvalue weighted by molar-refractivity contribution is -0.149. The fraction of sp³-hybridized carbons (Fsp3) is 0.250. The Morgan fingerprint density at radius 2 is 1.45 bits per heavy atom. The molecule has 8 heteroatoms. The van der Waals surface area contributed by atoms with E-state index in [1.807, 2.05) is 0 Å². The molecule has 0 saturated heterocycles. The summed E-state index contributed by atoms with van der Waals surface area (Å²) in [4.78, 5) is 11.1. The summed E-state index contributed by atoms with van der Waals surface area (Å²) in [5.74, 6) is -2.09. The number of benzene rings is 1. The van der Waals surface area contributed by atoms with Gasteiger partial charge in [-0.05, 0) is 5.56 Å². The van der Waals surface area contributed by atoms with Gasteiger partial charge in [0.1, 0.15) is 0 Å². The molecule has 0 heterocycles. The molecule has 0 N–H and O–H groups in total. The van der Waals surface area contributed by atoms with Crippen molar-refractivity contribution in [3.63, 3.8) is 0 Å². The van der Waals surface area contributed by atoms with Crippen LogP contribution in [0.15, 0.2) is 35.9 Å². The maximum Gasteiger partial charge on any atom is 0.424 e. The summed E-state index contributed by atoms with van der Waals surface area (Å²) >= 11 is 0. The molecule has 0 bridgehead atoms. The van der Waals surface area contributed by atoms with Crippen LogP contribution in [0.2, 0.25) is 0 Å².